The van der Waals surface area contributed by atoms with Crippen LogP contribution < -0.4 is 0 Å². The van der Waals surface area contributed by atoms with Crippen LogP contribution in [0.4, 0.5) is 0 Å². The summed E-state index contributed by atoms with van der Waals surface area (Å²) in [5.74, 6) is 0. The van der Waals surface area contributed by atoms with Gasteiger partial charge in [0.05, 0.1) is 0 Å². The molecule has 0 saturated carbocycles. The van der Waals surface area contributed by atoms with Gasteiger partial charge in [0, 0.05) is 12.6 Å². The van der Waals surface area contributed by atoms with Gasteiger partial charge in [-0.05, 0) is 32.4 Å². The summed E-state index contributed by atoms with van der Waals surface area (Å²) in [7, 11) is 0. The lowest BCUT2D eigenvalue weighted by Crippen LogP contribution is -2.36. The fraction of sp³-hybridized carbons (Fsp3) is 1.00. The van der Waals surface area contributed by atoms with E-state index in [9.17, 15) is 0 Å². The Morgan fingerprint density at radius 1 is 1.14 bits per heavy atom. The average molecular weight is 201 g/mol. The Morgan fingerprint density at radius 3 is 2.29 bits per heavy atom. The molecule has 1 unspecified atom stereocenters. The number of rotatable bonds is 9. The largest absolute Gasteiger partial charge is 0.396 e. The summed E-state index contributed by atoms with van der Waals surface area (Å²) in [6, 6.07) is 0.585. The summed E-state index contributed by atoms with van der Waals surface area (Å²) in [5, 5.41) is 8.96. The standard InChI is InChI=1S/C12H27NO/c1-4-7-8-10-13(6-3)12(5-2)9-11-14/h12,14H,4-11H2,1-3H3. The number of aliphatic hydroxyl groups excluding tert-OH is 1. The molecule has 86 valence electrons. The maximum absolute atomic E-state index is 8.96. The molecule has 0 fully saturated rings. The van der Waals surface area contributed by atoms with Crippen molar-refractivity contribution in [2.45, 2.75) is 58.9 Å². The molecule has 0 amide bonds. The number of nitrogens with zero attached hydrogens (tertiary/aromatic N) is 1. The lowest BCUT2D eigenvalue weighted by molar-refractivity contribution is 0.156. The smallest absolute Gasteiger partial charge is 0.0445 e. The normalized spacial score (nSPS) is 13.5. The van der Waals surface area contributed by atoms with Crippen LogP contribution >= 0.6 is 0 Å². The van der Waals surface area contributed by atoms with Gasteiger partial charge in [0.1, 0.15) is 0 Å². The highest BCUT2D eigenvalue weighted by atomic mass is 16.3. The van der Waals surface area contributed by atoms with Crippen molar-refractivity contribution in [3.8, 4) is 0 Å². The first-order valence-corrected chi connectivity index (χ1v) is 6.14. The molecule has 0 spiro atoms. The van der Waals surface area contributed by atoms with Crippen LogP contribution in [-0.4, -0.2) is 35.7 Å². The fourth-order valence-corrected chi connectivity index (χ4v) is 1.96. The molecule has 0 rings (SSSR count). The second-order valence-corrected chi connectivity index (χ2v) is 3.91. The lowest BCUT2D eigenvalue weighted by Gasteiger charge is -2.29. The van der Waals surface area contributed by atoms with Gasteiger partial charge >= 0.3 is 0 Å². The van der Waals surface area contributed by atoms with Gasteiger partial charge in [0.2, 0.25) is 0 Å². The summed E-state index contributed by atoms with van der Waals surface area (Å²) < 4.78 is 0. The zero-order chi connectivity index (χ0) is 10.8. The van der Waals surface area contributed by atoms with Crippen molar-refractivity contribution in [2.24, 2.45) is 0 Å². The van der Waals surface area contributed by atoms with E-state index in [0.29, 0.717) is 12.6 Å². The minimum Gasteiger partial charge on any atom is -0.396 e. The van der Waals surface area contributed by atoms with Crippen LogP contribution in [0, 0.1) is 0 Å². The van der Waals surface area contributed by atoms with Crippen LogP contribution in [0.15, 0.2) is 0 Å². The third kappa shape index (κ3) is 5.61. The van der Waals surface area contributed by atoms with Crippen molar-refractivity contribution in [3.05, 3.63) is 0 Å². The highest BCUT2D eigenvalue weighted by Crippen LogP contribution is 2.10. The molecule has 2 heteroatoms. The van der Waals surface area contributed by atoms with Gasteiger partial charge < -0.3 is 10.0 Å². The summed E-state index contributed by atoms with van der Waals surface area (Å²) in [6.07, 6.45) is 5.99. The minimum absolute atomic E-state index is 0.322. The van der Waals surface area contributed by atoms with E-state index >= 15 is 0 Å². The first-order valence-electron chi connectivity index (χ1n) is 6.14. The molecular formula is C12H27NO. The number of aliphatic hydroxyl groups is 1. The predicted molar refractivity (Wildman–Crippen MR) is 62.6 cm³/mol. The van der Waals surface area contributed by atoms with Gasteiger partial charge in [0.25, 0.3) is 0 Å². The van der Waals surface area contributed by atoms with Crippen LogP contribution in [0.5, 0.6) is 0 Å². The van der Waals surface area contributed by atoms with Crippen molar-refractivity contribution in [2.75, 3.05) is 19.7 Å². The summed E-state index contributed by atoms with van der Waals surface area (Å²) in [6.45, 7) is 9.30. The molecule has 0 radical (unpaired) electrons. The summed E-state index contributed by atoms with van der Waals surface area (Å²) in [4.78, 5) is 2.51. The van der Waals surface area contributed by atoms with Gasteiger partial charge in [-0.2, -0.15) is 0 Å². The SMILES string of the molecule is CCCCCN(CC)C(CC)CCO. The number of hydrogen-bond donors (Lipinski definition) is 1. The Bertz CT molecular complexity index is 117. The second-order valence-electron chi connectivity index (χ2n) is 3.91. The molecule has 0 aliphatic carbocycles. The summed E-state index contributed by atoms with van der Waals surface area (Å²) >= 11 is 0. The molecule has 0 heterocycles. The molecule has 2 nitrogen and oxygen atoms in total. The van der Waals surface area contributed by atoms with Crippen molar-refractivity contribution in [3.63, 3.8) is 0 Å². The topological polar surface area (TPSA) is 23.5 Å². The first kappa shape index (κ1) is 13.9. The van der Waals surface area contributed by atoms with Crippen LogP contribution in [0.3, 0.4) is 0 Å². The zero-order valence-corrected chi connectivity index (χ0v) is 10.1. The predicted octanol–water partition coefficient (Wildman–Crippen LogP) is 2.66. The third-order valence-corrected chi connectivity index (χ3v) is 2.91. The molecule has 0 bridgehead atoms. The van der Waals surface area contributed by atoms with E-state index < -0.39 is 0 Å². The van der Waals surface area contributed by atoms with E-state index in [1.54, 1.807) is 0 Å². The van der Waals surface area contributed by atoms with E-state index in [-0.39, 0.29) is 0 Å². The molecule has 14 heavy (non-hydrogen) atoms. The molecule has 0 aliphatic heterocycles. The van der Waals surface area contributed by atoms with Gasteiger partial charge in [-0.25, -0.2) is 0 Å². The first-order chi connectivity index (χ1) is 6.79. The molecule has 0 aliphatic rings. The third-order valence-electron chi connectivity index (χ3n) is 2.91. The summed E-state index contributed by atoms with van der Waals surface area (Å²) in [5.41, 5.74) is 0. The van der Waals surface area contributed by atoms with Gasteiger partial charge in [-0.3, -0.25) is 0 Å². The maximum atomic E-state index is 8.96. The van der Waals surface area contributed by atoms with Crippen molar-refractivity contribution in [1.82, 2.24) is 4.90 Å². The quantitative estimate of drug-likeness (QED) is 0.580. The van der Waals surface area contributed by atoms with Crippen LogP contribution in [-0.2, 0) is 0 Å². The molecule has 0 aromatic carbocycles. The van der Waals surface area contributed by atoms with Gasteiger partial charge in [-0.15, -0.1) is 0 Å². The Balaban J connectivity index is 3.81. The minimum atomic E-state index is 0.322. The van der Waals surface area contributed by atoms with Crippen LogP contribution in [0.1, 0.15) is 52.9 Å². The zero-order valence-electron chi connectivity index (χ0n) is 10.1. The monoisotopic (exact) mass is 201 g/mol. The second kappa shape index (κ2) is 9.47. The van der Waals surface area contributed by atoms with Crippen molar-refractivity contribution in [1.29, 1.82) is 0 Å². The molecular weight excluding hydrogens is 174 g/mol. The number of hydrogen-bond acceptors (Lipinski definition) is 2. The lowest BCUT2D eigenvalue weighted by atomic mass is 10.1. The van der Waals surface area contributed by atoms with E-state index in [4.69, 9.17) is 5.11 Å². The Hall–Kier alpha value is -0.0800. The van der Waals surface area contributed by atoms with E-state index in [2.05, 4.69) is 25.7 Å². The maximum Gasteiger partial charge on any atom is 0.0445 e. The van der Waals surface area contributed by atoms with Crippen LogP contribution in [0.25, 0.3) is 0 Å². The van der Waals surface area contributed by atoms with E-state index in [0.717, 1.165) is 19.4 Å². The highest BCUT2D eigenvalue weighted by Gasteiger charge is 2.13. The van der Waals surface area contributed by atoms with E-state index in [1.165, 1.54) is 25.8 Å². The Kier molecular flexibility index (Phi) is 9.42. The van der Waals surface area contributed by atoms with Crippen LogP contribution in [0.2, 0.25) is 0 Å². The molecule has 1 N–H and O–H groups in total. The fourth-order valence-electron chi connectivity index (χ4n) is 1.96. The van der Waals surface area contributed by atoms with Crippen molar-refractivity contribution < 1.29 is 5.11 Å². The van der Waals surface area contributed by atoms with Crippen molar-refractivity contribution >= 4 is 0 Å². The molecule has 0 saturated heterocycles. The Morgan fingerprint density at radius 2 is 1.86 bits per heavy atom. The molecule has 0 aromatic rings. The highest BCUT2D eigenvalue weighted by molar-refractivity contribution is 4.68. The average Bonchev–Trinajstić information content (AvgIpc) is 2.22. The van der Waals surface area contributed by atoms with Gasteiger partial charge in [-0.1, -0.05) is 33.6 Å². The van der Waals surface area contributed by atoms with E-state index in [1.807, 2.05) is 0 Å². The molecule has 1 atom stereocenters. The Labute approximate surface area is 89.3 Å². The van der Waals surface area contributed by atoms with Gasteiger partial charge in [0.15, 0.2) is 0 Å². The molecule has 0 aromatic heterocycles. The number of unbranched alkanes of at least 4 members (excludes halogenated alkanes) is 2.